The van der Waals surface area contributed by atoms with Crippen LogP contribution in [0.3, 0.4) is 0 Å². The van der Waals surface area contributed by atoms with Crippen LogP contribution in [0.2, 0.25) is 0 Å². The van der Waals surface area contributed by atoms with Crippen molar-refractivity contribution in [2.75, 3.05) is 0 Å². The second kappa shape index (κ2) is 3.85. The zero-order chi connectivity index (χ0) is 8.10. The molecule has 58 valence electrons. The second-order valence-corrected chi connectivity index (χ2v) is 2.17. The van der Waals surface area contributed by atoms with Gasteiger partial charge in [0.25, 0.3) is 0 Å². The van der Waals surface area contributed by atoms with Crippen molar-refractivity contribution in [1.29, 1.82) is 0 Å². The van der Waals surface area contributed by atoms with Gasteiger partial charge >= 0.3 is 0 Å². The van der Waals surface area contributed by atoms with Crippen LogP contribution in [0.5, 0.6) is 0 Å². The second-order valence-electron chi connectivity index (χ2n) is 2.17. The van der Waals surface area contributed by atoms with Crippen LogP contribution in [0.4, 0.5) is 0 Å². The van der Waals surface area contributed by atoms with E-state index in [-0.39, 0.29) is 6.04 Å². The van der Waals surface area contributed by atoms with Gasteiger partial charge in [0.2, 0.25) is 0 Å². The molecule has 3 nitrogen and oxygen atoms in total. The monoisotopic (exact) mass is 149 g/mol. The molecule has 1 rings (SSSR count). The van der Waals surface area contributed by atoms with E-state index in [1.54, 1.807) is 18.5 Å². The Morgan fingerprint density at radius 3 is 3.00 bits per heavy atom. The molecule has 1 atom stereocenters. The molecule has 0 bridgehead atoms. The zero-order valence-corrected chi connectivity index (χ0v) is 6.20. The van der Waals surface area contributed by atoms with Crippen LogP contribution >= 0.6 is 0 Å². The van der Waals surface area contributed by atoms with Crippen LogP contribution in [0.15, 0.2) is 37.2 Å². The van der Waals surface area contributed by atoms with Crippen molar-refractivity contribution >= 4 is 0 Å². The summed E-state index contributed by atoms with van der Waals surface area (Å²) in [7, 11) is 0. The summed E-state index contributed by atoms with van der Waals surface area (Å²) >= 11 is 0. The van der Waals surface area contributed by atoms with Gasteiger partial charge in [-0.15, -0.1) is 6.58 Å². The van der Waals surface area contributed by atoms with E-state index in [0.717, 1.165) is 5.56 Å². The summed E-state index contributed by atoms with van der Waals surface area (Å²) in [6.45, 7) is 3.64. The number of nitrogens with zero attached hydrogens (tertiary/aromatic N) is 1. The molecular weight excluding hydrogens is 138 g/mol. The number of nitrogens with one attached hydrogen (secondary N) is 1. The van der Waals surface area contributed by atoms with E-state index in [4.69, 9.17) is 5.84 Å². The van der Waals surface area contributed by atoms with E-state index in [9.17, 15) is 0 Å². The minimum atomic E-state index is -0.0105. The summed E-state index contributed by atoms with van der Waals surface area (Å²) in [4.78, 5) is 3.96. The first-order chi connectivity index (χ1) is 5.38. The molecule has 0 radical (unpaired) electrons. The molecule has 0 fully saturated rings. The van der Waals surface area contributed by atoms with Crippen LogP contribution in [-0.4, -0.2) is 4.98 Å². The first kappa shape index (κ1) is 7.91. The lowest BCUT2D eigenvalue weighted by molar-refractivity contribution is 0.654. The third-order valence-corrected chi connectivity index (χ3v) is 1.46. The maximum Gasteiger partial charge on any atom is 0.0653 e. The molecule has 0 saturated heterocycles. The van der Waals surface area contributed by atoms with E-state index in [0.29, 0.717) is 0 Å². The van der Waals surface area contributed by atoms with E-state index in [2.05, 4.69) is 17.0 Å². The molecule has 3 N–H and O–H groups in total. The Morgan fingerprint density at radius 1 is 1.73 bits per heavy atom. The highest BCUT2D eigenvalue weighted by Crippen LogP contribution is 2.09. The normalized spacial score (nSPS) is 12.5. The number of hydrogen-bond donors (Lipinski definition) is 2. The number of hydrazine groups is 1. The van der Waals surface area contributed by atoms with Crippen molar-refractivity contribution in [2.45, 2.75) is 6.04 Å². The molecule has 1 unspecified atom stereocenters. The van der Waals surface area contributed by atoms with E-state index in [1.807, 2.05) is 12.1 Å². The van der Waals surface area contributed by atoms with Crippen molar-refractivity contribution in [3.8, 4) is 0 Å². The van der Waals surface area contributed by atoms with E-state index < -0.39 is 0 Å². The van der Waals surface area contributed by atoms with Gasteiger partial charge in [0, 0.05) is 12.4 Å². The minimum Gasteiger partial charge on any atom is -0.271 e. The van der Waals surface area contributed by atoms with Gasteiger partial charge in [0.15, 0.2) is 0 Å². The molecule has 0 aliphatic carbocycles. The summed E-state index contributed by atoms with van der Waals surface area (Å²) in [6, 6.07) is 3.80. The molecule has 11 heavy (non-hydrogen) atoms. The number of rotatable bonds is 3. The van der Waals surface area contributed by atoms with Gasteiger partial charge in [-0.3, -0.25) is 10.8 Å². The fraction of sp³-hybridized carbons (Fsp3) is 0.125. The van der Waals surface area contributed by atoms with Gasteiger partial charge in [0.05, 0.1) is 6.04 Å². The molecular formula is C8H11N3. The molecule has 0 amide bonds. The lowest BCUT2D eigenvalue weighted by Crippen LogP contribution is -2.26. The smallest absolute Gasteiger partial charge is 0.0653 e. The highest BCUT2D eigenvalue weighted by molar-refractivity contribution is 5.17. The summed E-state index contributed by atoms with van der Waals surface area (Å²) < 4.78 is 0. The van der Waals surface area contributed by atoms with Crippen LogP contribution in [0.25, 0.3) is 0 Å². The molecule has 0 saturated carbocycles. The average Bonchev–Trinajstić information content (AvgIpc) is 2.09. The standard InChI is InChI=1S/C8H11N3/c1-2-8(11-9)7-4-3-5-10-6-7/h2-6,8,11H,1,9H2. The molecule has 0 aromatic carbocycles. The quantitative estimate of drug-likeness (QED) is 0.379. The number of aromatic nitrogens is 1. The van der Waals surface area contributed by atoms with E-state index in [1.165, 1.54) is 0 Å². The zero-order valence-electron chi connectivity index (χ0n) is 6.20. The lowest BCUT2D eigenvalue weighted by atomic mass is 10.1. The maximum absolute atomic E-state index is 5.27. The Morgan fingerprint density at radius 2 is 2.55 bits per heavy atom. The minimum absolute atomic E-state index is 0.0105. The van der Waals surface area contributed by atoms with Crippen molar-refractivity contribution < 1.29 is 0 Å². The van der Waals surface area contributed by atoms with Crippen LogP contribution in [-0.2, 0) is 0 Å². The summed E-state index contributed by atoms with van der Waals surface area (Å²) in [6.07, 6.45) is 5.21. The predicted molar refractivity (Wildman–Crippen MR) is 44.5 cm³/mol. The van der Waals surface area contributed by atoms with Crippen LogP contribution in [0, 0.1) is 0 Å². The van der Waals surface area contributed by atoms with Gasteiger partial charge in [-0.05, 0) is 11.6 Å². The molecule has 1 aromatic heterocycles. The lowest BCUT2D eigenvalue weighted by Gasteiger charge is -2.09. The third kappa shape index (κ3) is 1.86. The Hall–Kier alpha value is -1.19. The Balaban J connectivity index is 2.82. The number of pyridine rings is 1. The van der Waals surface area contributed by atoms with E-state index >= 15 is 0 Å². The SMILES string of the molecule is C=CC(NN)c1cccnc1. The Kier molecular flexibility index (Phi) is 2.77. The van der Waals surface area contributed by atoms with Gasteiger partial charge in [-0.1, -0.05) is 12.1 Å². The first-order valence-electron chi connectivity index (χ1n) is 3.37. The molecule has 3 heteroatoms. The van der Waals surface area contributed by atoms with Gasteiger partial charge in [-0.2, -0.15) is 0 Å². The van der Waals surface area contributed by atoms with Crippen molar-refractivity contribution in [3.05, 3.63) is 42.7 Å². The Labute approximate surface area is 65.9 Å². The topological polar surface area (TPSA) is 50.9 Å². The molecule has 0 aliphatic heterocycles. The predicted octanol–water partition coefficient (Wildman–Crippen LogP) is 0.772. The van der Waals surface area contributed by atoms with Gasteiger partial charge in [0.1, 0.15) is 0 Å². The van der Waals surface area contributed by atoms with Gasteiger partial charge in [-0.25, -0.2) is 5.43 Å². The van der Waals surface area contributed by atoms with Crippen LogP contribution < -0.4 is 11.3 Å². The van der Waals surface area contributed by atoms with Gasteiger partial charge < -0.3 is 0 Å². The highest BCUT2D eigenvalue weighted by Gasteiger charge is 2.02. The molecule has 0 aliphatic rings. The molecule has 1 heterocycles. The highest BCUT2D eigenvalue weighted by atomic mass is 15.2. The van der Waals surface area contributed by atoms with Crippen LogP contribution in [0.1, 0.15) is 11.6 Å². The fourth-order valence-electron chi connectivity index (χ4n) is 0.860. The Bertz CT molecular complexity index is 220. The van der Waals surface area contributed by atoms with Crippen molar-refractivity contribution in [3.63, 3.8) is 0 Å². The summed E-state index contributed by atoms with van der Waals surface area (Å²) in [5.41, 5.74) is 3.63. The molecule has 1 aromatic rings. The number of hydrogen-bond acceptors (Lipinski definition) is 3. The van der Waals surface area contributed by atoms with Crippen molar-refractivity contribution in [2.24, 2.45) is 5.84 Å². The summed E-state index contributed by atoms with van der Waals surface area (Å²) in [5.74, 6) is 5.27. The largest absolute Gasteiger partial charge is 0.271 e. The average molecular weight is 149 g/mol. The summed E-state index contributed by atoms with van der Waals surface area (Å²) in [5, 5.41) is 0. The number of nitrogens with two attached hydrogens (primary N) is 1. The fourth-order valence-corrected chi connectivity index (χ4v) is 0.860. The maximum atomic E-state index is 5.27. The first-order valence-corrected chi connectivity index (χ1v) is 3.37. The van der Waals surface area contributed by atoms with Crippen molar-refractivity contribution in [1.82, 2.24) is 10.4 Å². The molecule has 0 spiro atoms. The third-order valence-electron chi connectivity index (χ3n) is 1.46.